The van der Waals surface area contributed by atoms with Crippen LogP contribution >= 0.6 is 11.6 Å². The van der Waals surface area contributed by atoms with Gasteiger partial charge in [0.25, 0.3) is 5.91 Å². The maximum atomic E-state index is 11.9. The molecule has 0 aliphatic heterocycles. The Bertz CT molecular complexity index is 417. The summed E-state index contributed by atoms with van der Waals surface area (Å²) in [6, 6.07) is 2.93. The molecule has 0 fully saturated rings. The van der Waals surface area contributed by atoms with Crippen LogP contribution in [0.4, 0.5) is 0 Å². The van der Waals surface area contributed by atoms with E-state index in [1.54, 1.807) is 18.0 Å². The Morgan fingerprint density at radius 3 is 2.82 bits per heavy atom. The number of hydrogen-bond donors (Lipinski definition) is 1. The third kappa shape index (κ3) is 4.61. The van der Waals surface area contributed by atoms with Crippen LogP contribution in [-0.2, 0) is 0 Å². The van der Waals surface area contributed by atoms with E-state index in [1.165, 1.54) is 12.3 Å². The smallest absolute Gasteiger partial charge is 0.253 e. The molecule has 0 aromatic carbocycles. The Morgan fingerprint density at radius 2 is 2.18 bits per heavy atom. The zero-order valence-electron chi connectivity index (χ0n) is 9.91. The molecule has 1 amide bonds. The van der Waals surface area contributed by atoms with Crippen molar-refractivity contribution in [2.75, 3.05) is 19.5 Å². The molecule has 0 unspecified atom stereocenters. The molecule has 5 heteroatoms. The van der Waals surface area contributed by atoms with Crippen molar-refractivity contribution in [3.63, 3.8) is 0 Å². The van der Waals surface area contributed by atoms with Crippen LogP contribution < -0.4 is 5.56 Å². The quantitative estimate of drug-likeness (QED) is 0.624. The van der Waals surface area contributed by atoms with E-state index in [9.17, 15) is 9.59 Å². The van der Waals surface area contributed by atoms with Gasteiger partial charge in [-0.3, -0.25) is 9.59 Å². The number of rotatable bonds is 6. The number of H-pyrrole nitrogens is 1. The second kappa shape index (κ2) is 7.12. The number of amides is 1. The van der Waals surface area contributed by atoms with Gasteiger partial charge in [0.1, 0.15) is 0 Å². The molecular weight excluding hydrogens is 240 g/mol. The van der Waals surface area contributed by atoms with Gasteiger partial charge in [-0.15, -0.1) is 11.6 Å². The van der Waals surface area contributed by atoms with Crippen molar-refractivity contribution < 1.29 is 4.79 Å². The summed E-state index contributed by atoms with van der Waals surface area (Å²) in [5, 5.41) is 0. The highest BCUT2D eigenvalue weighted by molar-refractivity contribution is 6.17. The largest absolute Gasteiger partial charge is 0.342 e. The summed E-state index contributed by atoms with van der Waals surface area (Å²) in [4.78, 5) is 27.1. The highest BCUT2D eigenvalue weighted by Gasteiger charge is 2.11. The Hall–Kier alpha value is -1.29. The standard InChI is InChI=1S/C12H17ClN2O2/c1-15(8-4-2-3-6-13)12(17)10-5-7-14-11(16)9-10/h5,7,9H,2-4,6,8H2,1H3,(H,14,16). The maximum Gasteiger partial charge on any atom is 0.253 e. The number of aromatic amines is 1. The van der Waals surface area contributed by atoms with Crippen molar-refractivity contribution in [2.45, 2.75) is 19.3 Å². The maximum absolute atomic E-state index is 11.9. The molecule has 0 aliphatic carbocycles. The number of alkyl halides is 1. The summed E-state index contributed by atoms with van der Waals surface area (Å²) < 4.78 is 0. The normalized spacial score (nSPS) is 10.2. The lowest BCUT2D eigenvalue weighted by atomic mass is 10.2. The molecule has 1 rings (SSSR count). The summed E-state index contributed by atoms with van der Waals surface area (Å²) in [6.45, 7) is 0.683. The molecule has 0 spiro atoms. The SMILES string of the molecule is CN(CCCCCCl)C(=O)c1cc[nH]c(=O)c1. The van der Waals surface area contributed by atoms with E-state index in [4.69, 9.17) is 11.6 Å². The third-order valence-electron chi connectivity index (χ3n) is 2.50. The van der Waals surface area contributed by atoms with Gasteiger partial charge in [0.05, 0.1) is 0 Å². The second-order valence-corrected chi connectivity index (χ2v) is 4.30. The molecule has 0 atom stereocenters. The summed E-state index contributed by atoms with van der Waals surface area (Å²) >= 11 is 5.57. The molecule has 0 aliphatic rings. The van der Waals surface area contributed by atoms with E-state index in [-0.39, 0.29) is 11.5 Å². The fourth-order valence-corrected chi connectivity index (χ4v) is 1.71. The Kier molecular flexibility index (Phi) is 5.77. The van der Waals surface area contributed by atoms with E-state index >= 15 is 0 Å². The first kappa shape index (κ1) is 13.8. The van der Waals surface area contributed by atoms with Crippen molar-refractivity contribution in [1.29, 1.82) is 0 Å². The van der Waals surface area contributed by atoms with Crippen LogP contribution in [0.5, 0.6) is 0 Å². The first-order chi connectivity index (χ1) is 8.15. The first-order valence-electron chi connectivity index (χ1n) is 5.65. The lowest BCUT2D eigenvalue weighted by Gasteiger charge is -2.16. The molecule has 0 radical (unpaired) electrons. The lowest BCUT2D eigenvalue weighted by molar-refractivity contribution is 0.0792. The fraction of sp³-hybridized carbons (Fsp3) is 0.500. The fourth-order valence-electron chi connectivity index (χ4n) is 1.52. The molecule has 4 nitrogen and oxygen atoms in total. The van der Waals surface area contributed by atoms with Crippen molar-refractivity contribution in [3.8, 4) is 0 Å². The van der Waals surface area contributed by atoms with E-state index < -0.39 is 0 Å². The summed E-state index contributed by atoms with van der Waals surface area (Å²) in [5.74, 6) is 0.535. The second-order valence-electron chi connectivity index (χ2n) is 3.92. The Labute approximate surface area is 106 Å². The number of pyridine rings is 1. The number of halogens is 1. The predicted molar refractivity (Wildman–Crippen MR) is 68.6 cm³/mol. The van der Waals surface area contributed by atoms with Crippen molar-refractivity contribution in [2.24, 2.45) is 0 Å². The zero-order valence-corrected chi connectivity index (χ0v) is 10.7. The monoisotopic (exact) mass is 256 g/mol. The van der Waals surface area contributed by atoms with Gasteiger partial charge < -0.3 is 9.88 Å². The Morgan fingerprint density at radius 1 is 1.41 bits per heavy atom. The van der Waals surface area contributed by atoms with Gasteiger partial charge in [-0.2, -0.15) is 0 Å². The first-order valence-corrected chi connectivity index (χ1v) is 6.19. The van der Waals surface area contributed by atoms with Crippen molar-refractivity contribution in [1.82, 2.24) is 9.88 Å². The van der Waals surface area contributed by atoms with E-state index in [2.05, 4.69) is 4.98 Å². The molecule has 1 heterocycles. The minimum Gasteiger partial charge on any atom is -0.342 e. The van der Waals surface area contributed by atoms with Crippen LogP contribution in [0.1, 0.15) is 29.6 Å². The summed E-state index contributed by atoms with van der Waals surface area (Å²) in [5.41, 5.74) is 0.167. The minimum atomic E-state index is -0.258. The molecule has 0 bridgehead atoms. The van der Waals surface area contributed by atoms with Gasteiger partial charge in [0, 0.05) is 37.3 Å². The molecule has 0 saturated heterocycles. The van der Waals surface area contributed by atoms with Crippen LogP contribution in [0.25, 0.3) is 0 Å². The van der Waals surface area contributed by atoms with Crippen LogP contribution in [-0.4, -0.2) is 35.3 Å². The molecule has 17 heavy (non-hydrogen) atoms. The van der Waals surface area contributed by atoms with E-state index in [0.717, 1.165) is 19.3 Å². The van der Waals surface area contributed by atoms with Crippen LogP contribution in [0.15, 0.2) is 23.1 Å². The van der Waals surface area contributed by atoms with Crippen LogP contribution in [0.2, 0.25) is 0 Å². The highest BCUT2D eigenvalue weighted by Crippen LogP contribution is 2.03. The lowest BCUT2D eigenvalue weighted by Crippen LogP contribution is -2.28. The van der Waals surface area contributed by atoms with Crippen molar-refractivity contribution >= 4 is 17.5 Å². The van der Waals surface area contributed by atoms with Gasteiger partial charge in [-0.25, -0.2) is 0 Å². The number of aromatic nitrogens is 1. The van der Waals surface area contributed by atoms with E-state index in [1.807, 2.05) is 0 Å². The van der Waals surface area contributed by atoms with E-state index in [0.29, 0.717) is 18.0 Å². The summed E-state index contributed by atoms with van der Waals surface area (Å²) in [7, 11) is 1.74. The number of carbonyl (C=O) groups is 1. The Balaban J connectivity index is 2.49. The molecule has 1 aromatic heterocycles. The summed E-state index contributed by atoms with van der Waals surface area (Å²) in [6.07, 6.45) is 4.39. The number of nitrogens with zero attached hydrogens (tertiary/aromatic N) is 1. The number of hydrogen-bond acceptors (Lipinski definition) is 2. The highest BCUT2D eigenvalue weighted by atomic mass is 35.5. The third-order valence-corrected chi connectivity index (χ3v) is 2.76. The molecule has 1 aromatic rings. The number of unbranched alkanes of at least 4 members (excludes halogenated alkanes) is 2. The molecule has 94 valence electrons. The minimum absolute atomic E-state index is 0.123. The number of nitrogens with one attached hydrogen (secondary N) is 1. The van der Waals surface area contributed by atoms with Crippen LogP contribution in [0, 0.1) is 0 Å². The molecule has 0 saturated carbocycles. The van der Waals surface area contributed by atoms with Gasteiger partial charge in [-0.1, -0.05) is 6.42 Å². The average molecular weight is 257 g/mol. The van der Waals surface area contributed by atoms with Gasteiger partial charge in [0.2, 0.25) is 5.56 Å². The average Bonchev–Trinajstić information content (AvgIpc) is 2.33. The van der Waals surface area contributed by atoms with Crippen LogP contribution in [0.3, 0.4) is 0 Å². The number of carbonyl (C=O) groups excluding carboxylic acids is 1. The van der Waals surface area contributed by atoms with Gasteiger partial charge in [-0.05, 0) is 18.9 Å². The molecular formula is C12H17ClN2O2. The zero-order chi connectivity index (χ0) is 12.7. The molecule has 1 N–H and O–H groups in total. The topological polar surface area (TPSA) is 53.2 Å². The van der Waals surface area contributed by atoms with Gasteiger partial charge >= 0.3 is 0 Å². The van der Waals surface area contributed by atoms with Crippen molar-refractivity contribution in [3.05, 3.63) is 34.2 Å². The predicted octanol–water partition coefficient (Wildman–Crippen LogP) is 1.86. The van der Waals surface area contributed by atoms with Gasteiger partial charge in [0.15, 0.2) is 0 Å².